The highest BCUT2D eigenvalue weighted by atomic mass is 35.5. The van der Waals surface area contributed by atoms with Gasteiger partial charge in [-0.25, -0.2) is 0 Å². The fourth-order valence-electron chi connectivity index (χ4n) is 1.53. The predicted octanol–water partition coefficient (Wildman–Crippen LogP) is 3.34. The van der Waals surface area contributed by atoms with Crippen LogP contribution >= 0.6 is 11.6 Å². The van der Waals surface area contributed by atoms with Crippen molar-refractivity contribution >= 4 is 23.2 Å². The zero-order valence-electron chi connectivity index (χ0n) is 11.0. The quantitative estimate of drug-likeness (QED) is 0.893. The van der Waals surface area contributed by atoms with Gasteiger partial charge in [-0.3, -0.25) is 4.79 Å². The lowest BCUT2D eigenvalue weighted by Gasteiger charge is -2.13. The number of benzene rings is 1. The van der Waals surface area contributed by atoms with Crippen LogP contribution in [0.15, 0.2) is 12.1 Å². The summed E-state index contributed by atoms with van der Waals surface area (Å²) in [4.78, 5) is 11.7. The van der Waals surface area contributed by atoms with Crippen LogP contribution in [0, 0.1) is 5.92 Å². The van der Waals surface area contributed by atoms with E-state index < -0.39 is 0 Å². The first-order valence-corrected chi connectivity index (χ1v) is 6.07. The van der Waals surface area contributed by atoms with Gasteiger partial charge in [0.05, 0.1) is 24.9 Å². The number of hydrogen-bond donors (Lipinski definition) is 1. The Morgan fingerprint density at radius 2 is 1.89 bits per heavy atom. The lowest BCUT2D eigenvalue weighted by atomic mass is 10.1. The van der Waals surface area contributed by atoms with Crippen LogP contribution in [0.4, 0.5) is 5.69 Å². The van der Waals surface area contributed by atoms with Gasteiger partial charge in [0.2, 0.25) is 5.91 Å². The molecule has 0 aromatic heterocycles. The van der Waals surface area contributed by atoms with Crippen molar-refractivity contribution in [1.29, 1.82) is 0 Å². The highest BCUT2D eigenvalue weighted by molar-refractivity contribution is 6.32. The first-order chi connectivity index (χ1) is 8.47. The van der Waals surface area contributed by atoms with Gasteiger partial charge in [-0.05, 0) is 12.0 Å². The van der Waals surface area contributed by atoms with E-state index in [9.17, 15) is 4.79 Å². The minimum Gasteiger partial charge on any atom is -0.495 e. The topological polar surface area (TPSA) is 47.6 Å². The van der Waals surface area contributed by atoms with Crippen molar-refractivity contribution < 1.29 is 14.3 Å². The van der Waals surface area contributed by atoms with Gasteiger partial charge in [-0.1, -0.05) is 25.4 Å². The van der Waals surface area contributed by atoms with E-state index >= 15 is 0 Å². The van der Waals surface area contributed by atoms with Crippen LogP contribution in [0.2, 0.25) is 5.02 Å². The molecule has 5 heteroatoms. The highest BCUT2D eigenvalue weighted by Gasteiger charge is 2.13. The third-order valence-electron chi connectivity index (χ3n) is 2.34. The number of hydrogen-bond acceptors (Lipinski definition) is 3. The molecule has 0 heterocycles. The van der Waals surface area contributed by atoms with Crippen LogP contribution in [0.1, 0.15) is 20.3 Å². The summed E-state index contributed by atoms with van der Waals surface area (Å²) in [7, 11) is 3.05. The summed E-state index contributed by atoms with van der Waals surface area (Å²) in [6.45, 7) is 3.97. The molecule has 0 bridgehead atoms. The molecular formula is C13H18ClNO3. The van der Waals surface area contributed by atoms with E-state index in [1.165, 1.54) is 14.2 Å². The summed E-state index contributed by atoms with van der Waals surface area (Å²) in [5.41, 5.74) is 0.550. The number of ether oxygens (including phenoxy) is 2. The molecule has 1 rings (SSSR count). The lowest BCUT2D eigenvalue weighted by Crippen LogP contribution is -2.14. The molecule has 0 fully saturated rings. The molecule has 1 aromatic rings. The Morgan fingerprint density at radius 1 is 1.28 bits per heavy atom. The SMILES string of the molecule is COc1cc(OC)c(NC(=O)CC(C)C)cc1Cl. The minimum absolute atomic E-state index is 0.0652. The molecule has 0 unspecified atom stereocenters. The van der Waals surface area contributed by atoms with Crippen molar-refractivity contribution in [2.45, 2.75) is 20.3 Å². The molecule has 0 radical (unpaired) electrons. The molecule has 4 nitrogen and oxygen atoms in total. The number of methoxy groups -OCH3 is 2. The van der Waals surface area contributed by atoms with Crippen LogP contribution in [0.25, 0.3) is 0 Å². The van der Waals surface area contributed by atoms with Crippen molar-refractivity contribution in [3.05, 3.63) is 17.2 Å². The Balaban J connectivity index is 2.94. The summed E-state index contributed by atoms with van der Waals surface area (Å²) in [5, 5.41) is 3.21. The first-order valence-electron chi connectivity index (χ1n) is 5.69. The van der Waals surface area contributed by atoms with E-state index in [4.69, 9.17) is 21.1 Å². The molecule has 0 atom stereocenters. The normalized spacial score (nSPS) is 10.3. The molecule has 18 heavy (non-hydrogen) atoms. The Bertz CT molecular complexity index is 432. The molecule has 100 valence electrons. The van der Waals surface area contributed by atoms with Gasteiger partial charge < -0.3 is 14.8 Å². The van der Waals surface area contributed by atoms with Crippen LogP contribution in [-0.2, 0) is 4.79 Å². The maximum Gasteiger partial charge on any atom is 0.224 e. The number of amides is 1. The van der Waals surface area contributed by atoms with Gasteiger partial charge in [0, 0.05) is 12.5 Å². The first kappa shape index (κ1) is 14.6. The van der Waals surface area contributed by atoms with E-state index in [1.807, 2.05) is 13.8 Å². The molecule has 1 amide bonds. The van der Waals surface area contributed by atoms with Gasteiger partial charge in [-0.2, -0.15) is 0 Å². The maximum absolute atomic E-state index is 11.7. The molecule has 0 saturated heterocycles. The lowest BCUT2D eigenvalue weighted by molar-refractivity contribution is -0.116. The van der Waals surface area contributed by atoms with Gasteiger partial charge in [0.15, 0.2) is 0 Å². The zero-order valence-corrected chi connectivity index (χ0v) is 11.8. The number of anilines is 1. The van der Waals surface area contributed by atoms with Crippen LogP contribution < -0.4 is 14.8 Å². The van der Waals surface area contributed by atoms with E-state index in [1.54, 1.807) is 12.1 Å². The third-order valence-corrected chi connectivity index (χ3v) is 2.64. The number of carbonyl (C=O) groups excluding carboxylic acids is 1. The number of rotatable bonds is 5. The van der Waals surface area contributed by atoms with Crippen molar-refractivity contribution in [3.8, 4) is 11.5 Å². The number of halogens is 1. The Labute approximate surface area is 112 Å². The summed E-state index contributed by atoms with van der Waals surface area (Å²) in [6, 6.07) is 3.27. The second-order valence-electron chi connectivity index (χ2n) is 4.33. The van der Waals surface area contributed by atoms with Crippen LogP contribution in [-0.4, -0.2) is 20.1 Å². The fraction of sp³-hybridized carbons (Fsp3) is 0.462. The minimum atomic E-state index is -0.0652. The molecule has 0 aliphatic heterocycles. The average molecular weight is 272 g/mol. The monoisotopic (exact) mass is 271 g/mol. The second kappa shape index (κ2) is 6.50. The number of nitrogens with one attached hydrogen (secondary N) is 1. The summed E-state index contributed by atoms with van der Waals surface area (Å²) >= 11 is 6.02. The van der Waals surface area contributed by atoms with E-state index in [-0.39, 0.29) is 5.91 Å². The summed E-state index contributed by atoms with van der Waals surface area (Å²) < 4.78 is 10.3. The van der Waals surface area contributed by atoms with Crippen LogP contribution in [0.5, 0.6) is 11.5 Å². The molecular weight excluding hydrogens is 254 g/mol. The molecule has 1 N–H and O–H groups in total. The van der Waals surface area contributed by atoms with E-state index in [0.717, 1.165) is 0 Å². The predicted molar refractivity (Wildman–Crippen MR) is 72.6 cm³/mol. The fourth-order valence-corrected chi connectivity index (χ4v) is 1.77. The largest absolute Gasteiger partial charge is 0.495 e. The second-order valence-corrected chi connectivity index (χ2v) is 4.74. The smallest absolute Gasteiger partial charge is 0.224 e. The number of carbonyl (C=O) groups is 1. The summed E-state index contributed by atoms with van der Waals surface area (Å²) in [5.74, 6) is 1.26. The van der Waals surface area contributed by atoms with Crippen molar-refractivity contribution in [3.63, 3.8) is 0 Å². The molecule has 0 aliphatic rings. The maximum atomic E-state index is 11.7. The molecule has 0 aliphatic carbocycles. The Kier molecular flexibility index (Phi) is 5.28. The highest BCUT2D eigenvalue weighted by Crippen LogP contribution is 2.35. The van der Waals surface area contributed by atoms with Crippen molar-refractivity contribution in [2.24, 2.45) is 5.92 Å². The Hall–Kier alpha value is -1.42. The van der Waals surface area contributed by atoms with E-state index in [2.05, 4.69) is 5.32 Å². The van der Waals surface area contributed by atoms with Gasteiger partial charge in [0.1, 0.15) is 11.5 Å². The third kappa shape index (κ3) is 3.81. The van der Waals surface area contributed by atoms with Gasteiger partial charge >= 0.3 is 0 Å². The molecule has 0 spiro atoms. The van der Waals surface area contributed by atoms with Gasteiger partial charge in [0.25, 0.3) is 0 Å². The Morgan fingerprint density at radius 3 is 2.39 bits per heavy atom. The zero-order chi connectivity index (χ0) is 13.7. The van der Waals surface area contributed by atoms with Crippen LogP contribution in [0.3, 0.4) is 0 Å². The molecule has 0 saturated carbocycles. The summed E-state index contributed by atoms with van der Waals surface area (Å²) in [6.07, 6.45) is 0.451. The van der Waals surface area contributed by atoms with Crippen molar-refractivity contribution in [2.75, 3.05) is 19.5 Å². The standard InChI is InChI=1S/C13H18ClNO3/c1-8(2)5-13(16)15-10-6-9(14)11(17-3)7-12(10)18-4/h6-8H,5H2,1-4H3,(H,15,16). The van der Waals surface area contributed by atoms with E-state index in [0.29, 0.717) is 34.5 Å². The van der Waals surface area contributed by atoms with Crippen molar-refractivity contribution in [1.82, 2.24) is 0 Å². The average Bonchev–Trinajstić information content (AvgIpc) is 2.28. The van der Waals surface area contributed by atoms with Gasteiger partial charge in [-0.15, -0.1) is 0 Å². The molecule has 1 aromatic carbocycles.